The van der Waals surface area contributed by atoms with Gasteiger partial charge >= 0.3 is 6.03 Å². The van der Waals surface area contributed by atoms with Gasteiger partial charge in [-0.15, -0.1) is 0 Å². The fourth-order valence-electron chi connectivity index (χ4n) is 3.58. The van der Waals surface area contributed by atoms with Crippen LogP contribution in [0.5, 0.6) is 5.75 Å². The molecule has 3 aromatic rings. The van der Waals surface area contributed by atoms with Crippen molar-refractivity contribution >= 4 is 28.9 Å². The summed E-state index contributed by atoms with van der Waals surface area (Å²) in [5, 5.41) is 2.81. The van der Waals surface area contributed by atoms with Gasteiger partial charge in [0.15, 0.2) is 0 Å². The van der Waals surface area contributed by atoms with Gasteiger partial charge in [0.1, 0.15) is 17.4 Å². The summed E-state index contributed by atoms with van der Waals surface area (Å²) in [7, 11) is 1.53. The monoisotopic (exact) mass is 408 g/mol. The molecule has 30 heavy (non-hydrogen) atoms. The van der Waals surface area contributed by atoms with E-state index in [2.05, 4.69) is 10.3 Å². The standard InChI is InChI=1S/C21H20N4O5/c1-11-5-13-6-17(30-19(13)23-8-11)16(18(26)24-21(22)28)10-25-9-12-3-4-14(29-2)7-15(12)20(25)27/h3-8,16H,9-10H2,1-2H3,(H3,22,24,26,28)/t16-/m1/s1. The molecule has 0 saturated heterocycles. The molecule has 1 aliphatic heterocycles. The number of nitrogens with one attached hydrogen (secondary N) is 1. The summed E-state index contributed by atoms with van der Waals surface area (Å²) >= 11 is 0. The van der Waals surface area contributed by atoms with E-state index >= 15 is 0 Å². The smallest absolute Gasteiger partial charge is 0.318 e. The third kappa shape index (κ3) is 3.57. The van der Waals surface area contributed by atoms with Crippen LogP contribution in [0.25, 0.3) is 11.1 Å². The third-order valence-corrected chi connectivity index (χ3v) is 5.03. The largest absolute Gasteiger partial charge is 0.497 e. The zero-order valence-corrected chi connectivity index (χ0v) is 16.5. The van der Waals surface area contributed by atoms with Crippen molar-refractivity contribution in [2.75, 3.05) is 13.7 Å². The predicted molar refractivity (Wildman–Crippen MR) is 107 cm³/mol. The number of rotatable bonds is 5. The zero-order valence-electron chi connectivity index (χ0n) is 16.5. The highest BCUT2D eigenvalue weighted by molar-refractivity contribution is 6.00. The van der Waals surface area contributed by atoms with E-state index in [0.717, 1.165) is 16.5 Å². The van der Waals surface area contributed by atoms with E-state index in [0.29, 0.717) is 29.3 Å². The number of nitrogens with two attached hydrogens (primary N) is 1. The van der Waals surface area contributed by atoms with Crippen LogP contribution < -0.4 is 15.8 Å². The molecule has 154 valence electrons. The van der Waals surface area contributed by atoms with Gasteiger partial charge in [-0.05, 0) is 42.3 Å². The molecule has 0 fully saturated rings. The van der Waals surface area contributed by atoms with E-state index in [1.54, 1.807) is 24.4 Å². The lowest BCUT2D eigenvalue weighted by Crippen LogP contribution is -2.42. The maximum absolute atomic E-state index is 12.9. The van der Waals surface area contributed by atoms with Gasteiger partial charge in [-0.25, -0.2) is 9.78 Å². The molecule has 0 bridgehead atoms. The number of benzene rings is 1. The Morgan fingerprint density at radius 1 is 1.33 bits per heavy atom. The number of primary amides is 1. The number of urea groups is 1. The van der Waals surface area contributed by atoms with Crippen LogP contribution >= 0.6 is 0 Å². The number of aryl methyl sites for hydroxylation is 1. The molecule has 0 unspecified atom stereocenters. The molecule has 0 spiro atoms. The van der Waals surface area contributed by atoms with Gasteiger partial charge < -0.3 is 19.8 Å². The lowest BCUT2D eigenvalue weighted by atomic mass is 10.0. The van der Waals surface area contributed by atoms with Crippen molar-refractivity contribution in [2.45, 2.75) is 19.4 Å². The van der Waals surface area contributed by atoms with Crippen molar-refractivity contribution < 1.29 is 23.5 Å². The topological polar surface area (TPSA) is 128 Å². The van der Waals surface area contributed by atoms with Crippen molar-refractivity contribution in [1.82, 2.24) is 15.2 Å². The number of hydrogen-bond acceptors (Lipinski definition) is 6. The molecule has 4 amide bonds. The summed E-state index contributed by atoms with van der Waals surface area (Å²) in [5.41, 5.74) is 7.79. The summed E-state index contributed by atoms with van der Waals surface area (Å²) in [6.07, 6.45) is 1.65. The summed E-state index contributed by atoms with van der Waals surface area (Å²) in [4.78, 5) is 42.6. The first kappa shape index (κ1) is 19.4. The van der Waals surface area contributed by atoms with Gasteiger partial charge in [0.2, 0.25) is 11.6 Å². The Kier molecular flexibility index (Phi) is 4.86. The van der Waals surface area contributed by atoms with Crippen LogP contribution in [-0.2, 0) is 11.3 Å². The quantitative estimate of drug-likeness (QED) is 0.665. The average Bonchev–Trinajstić information content (AvgIpc) is 3.25. The van der Waals surface area contributed by atoms with Crippen LogP contribution in [0.3, 0.4) is 0 Å². The molecule has 0 saturated carbocycles. The Bertz CT molecular complexity index is 1170. The maximum atomic E-state index is 12.9. The summed E-state index contributed by atoms with van der Waals surface area (Å²) in [5.74, 6) is -0.952. The lowest BCUT2D eigenvalue weighted by molar-refractivity contribution is -0.122. The average molecular weight is 408 g/mol. The zero-order chi connectivity index (χ0) is 21.4. The predicted octanol–water partition coefficient (Wildman–Crippen LogP) is 2.08. The number of furan rings is 1. The minimum absolute atomic E-state index is 0.00768. The first-order valence-corrected chi connectivity index (χ1v) is 9.28. The molecule has 9 nitrogen and oxygen atoms in total. The number of pyridine rings is 1. The highest BCUT2D eigenvalue weighted by atomic mass is 16.5. The van der Waals surface area contributed by atoms with Gasteiger partial charge in [-0.3, -0.25) is 14.9 Å². The summed E-state index contributed by atoms with van der Waals surface area (Å²) in [6, 6.07) is 7.86. The molecule has 0 aliphatic carbocycles. The number of hydrogen-bond donors (Lipinski definition) is 2. The van der Waals surface area contributed by atoms with Crippen LogP contribution in [0, 0.1) is 6.92 Å². The van der Waals surface area contributed by atoms with Gasteiger partial charge in [0.25, 0.3) is 5.91 Å². The number of amides is 4. The highest BCUT2D eigenvalue weighted by Crippen LogP contribution is 2.31. The number of methoxy groups -OCH3 is 1. The van der Waals surface area contributed by atoms with Crippen LogP contribution in [0.15, 0.2) is 40.9 Å². The molecular formula is C21H20N4O5. The third-order valence-electron chi connectivity index (χ3n) is 5.03. The van der Waals surface area contributed by atoms with E-state index in [1.165, 1.54) is 12.0 Å². The van der Waals surface area contributed by atoms with E-state index in [4.69, 9.17) is 14.9 Å². The van der Waals surface area contributed by atoms with Crippen molar-refractivity contribution in [3.05, 3.63) is 59.0 Å². The molecule has 9 heteroatoms. The van der Waals surface area contributed by atoms with Crippen LogP contribution in [-0.4, -0.2) is 41.4 Å². The first-order valence-electron chi connectivity index (χ1n) is 9.28. The molecule has 0 radical (unpaired) electrons. The van der Waals surface area contributed by atoms with Gasteiger partial charge in [0, 0.05) is 30.2 Å². The molecule has 4 rings (SSSR count). The van der Waals surface area contributed by atoms with Crippen molar-refractivity contribution in [2.24, 2.45) is 5.73 Å². The minimum atomic E-state index is -0.976. The number of aromatic nitrogens is 1. The molecule has 3 N–H and O–H groups in total. The molecule has 1 atom stereocenters. The van der Waals surface area contributed by atoms with Crippen LogP contribution in [0.2, 0.25) is 0 Å². The van der Waals surface area contributed by atoms with Crippen LogP contribution in [0.1, 0.15) is 33.2 Å². The second-order valence-electron chi connectivity index (χ2n) is 7.17. The summed E-state index contributed by atoms with van der Waals surface area (Å²) < 4.78 is 11.0. The van der Waals surface area contributed by atoms with Crippen molar-refractivity contribution in [3.63, 3.8) is 0 Å². The lowest BCUT2D eigenvalue weighted by Gasteiger charge is -2.21. The van der Waals surface area contributed by atoms with Crippen molar-refractivity contribution in [3.8, 4) is 5.75 Å². The molecule has 1 aliphatic rings. The number of nitrogens with zero attached hydrogens (tertiary/aromatic N) is 2. The van der Waals surface area contributed by atoms with Crippen molar-refractivity contribution in [1.29, 1.82) is 0 Å². The Labute approximate surface area is 171 Å². The Morgan fingerprint density at radius 2 is 2.13 bits per heavy atom. The Hall–Kier alpha value is -3.88. The number of carbonyl (C=O) groups excluding carboxylic acids is 3. The number of imide groups is 1. The summed E-state index contributed by atoms with van der Waals surface area (Å²) in [6.45, 7) is 2.23. The SMILES string of the molecule is COc1ccc2c(c1)C(=O)N(C[C@@H](C(=O)NC(N)=O)c1cc3cc(C)cnc3o1)C2. The number of ether oxygens (including phenoxy) is 1. The van der Waals surface area contributed by atoms with Gasteiger partial charge in [-0.2, -0.15) is 0 Å². The number of fused-ring (bicyclic) bond motifs is 2. The second kappa shape index (κ2) is 7.51. The molecule has 3 heterocycles. The molecule has 2 aromatic heterocycles. The minimum Gasteiger partial charge on any atom is -0.497 e. The van der Waals surface area contributed by atoms with Gasteiger partial charge in [0.05, 0.1) is 7.11 Å². The molecular weight excluding hydrogens is 388 g/mol. The first-order chi connectivity index (χ1) is 14.4. The Morgan fingerprint density at radius 3 is 2.87 bits per heavy atom. The normalized spacial score (nSPS) is 13.9. The fraction of sp³-hybridized carbons (Fsp3) is 0.238. The van der Waals surface area contributed by atoms with E-state index in [1.807, 2.05) is 19.1 Å². The van der Waals surface area contributed by atoms with E-state index in [-0.39, 0.29) is 12.5 Å². The van der Waals surface area contributed by atoms with Crippen LogP contribution in [0.4, 0.5) is 4.79 Å². The van der Waals surface area contributed by atoms with E-state index < -0.39 is 17.9 Å². The number of carbonyl (C=O) groups is 3. The van der Waals surface area contributed by atoms with E-state index in [9.17, 15) is 14.4 Å². The second-order valence-corrected chi connectivity index (χ2v) is 7.17. The Balaban J connectivity index is 1.65. The van der Waals surface area contributed by atoms with Gasteiger partial charge in [-0.1, -0.05) is 6.07 Å². The maximum Gasteiger partial charge on any atom is 0.318 e. The fourth-order valence-corrected chi connectivity index (χ4v) is 3.58. The highest BCUT2D eigenvalue weighted by Gasteiger charge is 2.34. The molecule has 1 aromatic carbocycles.